The first-order chi connectivity index (χ1) is 12.1. The summed E-state index contributed by atoms with van der Waals surface area (Å²) in [5.41, 5.74) is 6.59. The highest BCUT2D eigenvalue weighted by Gasteiger charge is 2.21. The van der Waals surface area contributed by atoms with E-state index in [0.29, 0.717) is 11.4 Å². The molecule has 0 atom stereocenters. The molecule has 128 valence electrons. The number of para-hydroxylation sites is 2. The van der Waals surface area contributed by atoms with Crippen LogP contribution in [0, 0.1) is 0 Å². The highest BCUT2D eigenvalue weighted by molar-refractivity contribution is 6.07. The van der Waals surface area contributed by atoms with E-state index in [1.54, 1.807) is 24.3 Å². The Balaban J connectivity index is 1.97. The number of methoxy groups -OCH3 is 1. The lowest BCUT2D eigenvalue weighted by atomic mass is 10.2. The number of nitrogen functional groups attached to an aromatic ring is 1. The summed E-state index contributed by atoms with van der Waals surface area (Å²) in [5.74, 6) is -0.484. The highest BCUT2D eigenvalue weighted by atomic mass is 16.5. The van der Waals surface area contributed by atoms with Crippen molar-refractivity contribution in [2.24, 2.45) is 0 Å². The minimum atomic E-state index is -0.563. The number of hydrogen-bond donors (Lipinski definition) is 3. The van der Waals surface area contributed by atoms with E-state index in [1.165, 1.54) is 24.9 Å². The molecule has 2 aromatic heterocycles. The molecule has 0 spiro atoms. The van der Waals surface area contributed by atoms with Crippen LogP contribution in [-0.2, 0) is 0 Å². The number of benzene rings is 1. The molecular weight excluding hydrogens is 326 g/mol. The van der Waals surface area contributed by atoms with Gasteiger partial charge in [0, 0.05) is 7.05 Å². The fourth-order valence-corrected chi connectivity index (χ4v) is 2.25. The molecular formula is C15H15N7O3. The zero-order valence-electron chi connectivity index (χ0n) is 13.5. The maximum absolute atomic E-state index is 12.5. The SMILES string of the molecule is CNC(=O)c1ncn2c(N)c(C(=O)Nc3ccccc3OC)nnc12. The number of rotatable bonds is 4. The molecule has 0 radical (unpaired) electrons. The molecule has 4 N–H and O–H groups in total. The topological polar surface area (TPSA) is 137 Å². The zero-order chi connectivity index (χ0) is 18.0. The predicted octanol–water partition coefficient (Wildman–Crippen LogP) is 0.327. The van der Waals surface area contributed by atoms with E-state index in [9.17, 15) is 9.59 Å². The van der Waals surface area contributed by atoms with Crippen LogP contribution in [-0.4, -0.2) is 45.6 Å². The first kappa shape index (κ1) is 16.2. The van der Waals surface area contributed by atoms with Crippen molar-refractivity contribution in [3.8, 4) is 5.75 Å². The second-order valence-electron chi connectivity index (χ2n) is 4.95. The Morgan fingerprint density at radius 2 is 1.92 bits per heavy atom. The highest BCUT2D eigenvalue weighted by Crippen LogP contribution is 2.24. The van der Waals surface area contributed by atoms with Gasteiger partial charge >= 0.3 is 0 Å². The largest absolute Gasteiger partial charge is 0.495 e. The van der Waals surface area contributed by atoms with E-state index in [2.05, 4.69) is 25.8 Å². The van der Waals surface area contributed by atoms with Crippen LogP contribution in [0.5, 0.6) is 5.75 Å². The Labute approximate surface area is 142 Å². The van der Waals surface area contributed by atoms with Crippen LogP contribution in [0.25, 0.3) is 5.65 Å². The summed E-state index contributed by atoms with van der Waals surface area (Å²) in [5, 5.41) is 12.8. The molecule has 0 unspecified atom stereocenters. The molecule has 3 aromatic rings. The molecule has 0 bridgehead atoms. The zero-order valence-corrected chi connectivity index (χ0v) is 13.5. The van der Waals surface area contributed by atoms with Crippen molar-refractivity contribution in [1.29, 1.82) is 0 Å². The number of imidazole rings is 1. The van der Waals surface area contributed by atoms with Gasteiger partial charge in [-0.15, -0.1) is 10.2 Å². The molecule has 1 aromatic carbocycles. The van der Waals surface area contributed by atoms with Crippen LogP contribution in [0.15, 0.2) is 30.6 Å². The summed E-state index contributed by atoms with van der Waals surface area (Å²) < 4.78 is 6.51. The average Bonchev–Trinajstić information content (AvgIpc) is 3.06. The summed E-state index contributed by atoms with van der Waals surface area (Å²) in [4.78, 5) is 28.2. The number of ether oxygens (including phenoxy) is 1. The smallest absolute Gasteiger partial charge is 0.280 e. The van der Waals surface area contributed by atoms with E-state index in [1.807, 2.05) is 0 Å². The third-order valence-corrected chi connectivity index (χ3v) is 3.50. The van der Waals surface area contributed by atoms with Gasteiger partial charge in [0.15, 0.2) is 17.0 Å². The van der Waals surface area contributed by atoms with Crippen molar-refractivity contribution in [1.82, 2.24) is 24.9 Å². The van der Waals surface area contributed by atoms with E-state index in [0.717, 1.165) is 0 Å². The molecule has 2 heterocycles. The lowest BCUT2D eigenvalue weighted by Gasteiger charge is -2.10. The number of nitrogens with two attached hydrogens (primary N) is 1. The fraction of sp³-hybridized carbons (Fsp3) is 0.133. The molecule has 0 aliphatic heterocycles. The van der Waals surface area contributed by atoms with E-state index < -0.39 is 11.8 Å². The summed E-state index contributed by atoms with van der Waals surface area (Å²) >= 11 is 0. The average molecular weight is 341 g/mol. The van der Waals surface area contributed by atoms with Crippen LogP contribution < -0.4 is 21.1 Å². The summed E-state index contributed by atoms with van der Waals surface area (Å²) in [6.45, 7) is 0. The van der Waals surface area contributed by atoms with Gasteiger partial charge in [-0.1, -0.05) is 12.1 Å². The van der Waals surface area contributed by atoms with Crippen molar-refractivity contribution in [2.45, 2.75) is 0 Å². The van der Waals surface area contributed by atoms with Gasteiger partial charge in [0.05, 0.1) is 12.8 Å². The number of amides is 2. The number of fused-ring (bicyclic) bond motifs is 1. The second kappa shape index (κ2) is 6.43. The number of carbonyl (C=O) groups is 2. The van der Waals surface area contributed by atoms with Gasteiger partial charge in [0.2, 0.25) is 0 Å². The van der Waals surface area contributed by atoms with E-state index in [-0.39, 0.29) is 22.9 Å². The Kier molecular flexibility index (Phi) is 4.16. The van der Waals surface area contributed by atoms with Gasteiger partial charge in [-0.3, -0.25) is 14.0 Å². The van der Waals surface area contributed by atoms with Crippen LogP contribution in [0.3, 0.4) is 0 Å². The predicted molar refractivity (Wildman–Crippen MR) is 89.5 cm³/mol. The maximum atomic E-state index is 12.5. The number of aromatic nitrogens is 4. The normalized spacial score (nSPS) is 10.5. The number of anilines is 2. The third kappa shape index (κ3) is 2.80. The van der Waals surface area contributed by atoms with Gasteiger partial charge in [0.1, 0.15) is 17.9 Å². The first-order valence-electron chi connectivity index (χ1n) is 7.22. The number of carbonyl (C=O) groups excluding carboxylic acids is 2. The Morgan fingerprint density at radius 3 is 2.64 bits per heavy atom. The first-order valence-corrected chi connectivity index (χ1v) is 7.22. The van der Waals surface area contributed by atoms with Gasteiger partial charge < -0.3 is 21.1 Å². The third-order valence-electron chi connectivity index (χ3n) is 3.50. The van der Waals surface area contributed by atoms with Crippen LogP contribution >= 0.6 is 0 Å². The van der Waals surface area contributed by atoms with Crippen molar-refractivity contribution < 1.29 is 14.3 Å². The molecule has 0 saturated heterocycles. The molecule has 10 heteroatoms. The molecule has 0 aliphatic rings. The van der Waals surface area contributed by atoms with E-state index >= 15 is 0 Å². The minimum absolute atomic E-state index is 0.0139. The molecule has 0 aliphatic carbocycles. The van der Waals surface area contributed by atoms with E-state index in [4.69, 9.17) is 10.5 Å². The monoisotopic (exact) mass is 341 g/mol. The van der Waals surface area contributed by atoms with Crippen LogP contribution in [0.2, 0.25) is 0 Å². The van der Waals surface area contributed by atoms with Gasteiger partial charge in [0.25, 0.3) is 11.8 Å². The second-order valence-corrected chi connectivity index (χ2v) is 4.95. The standard InChI is InChI=1S/C15H15N7O3/c1-17-14(23)11-13-21-20-10(12(16)22(13)7-18-11)15(24)19-8-5-3-4-6-9(8)25-2/h3-7H,16H2,1-2H3,(H,17,23)(H,19,24). The van der Waals surface area contributed by atoms with Crippen molar-refractivity contribution in [3.05, 3.63) is 42.0 Å². The summed E-state index contributed by atoms with van der Waals surface area (Å²) in [6, 6.07) is 6.92. The summed E-state index contributed by atoms with van der Waals surface area (Å²) in [6.07, 6.45) is 1.31. The van der Waals surface area contributed by atoms with Crippen molar-refractivity contribution >= 4 is 29.0 Å². The summed E-state index contributed by atoms with van der Waals surface area (Å²) in [7, 11) is 2.97. The maximum Gasteiger partial charge on any atom is 0.280 e. The lowest BCUT2D eigenvalue weighted by molar-refractivity contribution is 0.0959. The quantitative estimate of drug-likeness (QED) is 0.622. The fourth-order valence-electron chi connectivity index (χ4n) is 2.25. The molecule has 10 nitrogen and oxygen atoms in total. The number of nitrogens with zero attached hydrogens (tertiary/aromatic N) is 4. The number of hydrogen-bond acceptors (Lipinski definition) is 7. The molecule has 0 saturated carbocycles. The Morgan fingerprint density at radius 1 is 1.16 bits per heavy atom. The van der Waals surface area contributed by atoms with Gasteiger partial charge in [-0.05, 0) is 12.1 Å². The molecule has 25 heavy (non-hydrogen) atoms. The van der Waals surface area contributed by atoms with Crippen LogP contribution in [0.4, 0.5) is 11.5 Å². The minimum Gasteiger partial charge on any atom is -0.495 e. The molecule has 0 fully saturated rings. The molecule has 2 amide bonds. The Bertz CT molecular complexity index is 967. The van der Waals surface area contributed by atoms with Gasteiger partial charge in [-0.2, -0.15) is 0 Å². The number of nitrogens with one attached hydrogen (secondary N) is 2. The van der Waals surface area contributed by atoms with Crippen molar-refractivity contribution in [2.75, 3.05) is 25.2 Å². The molecule has 3 rings (SSSR count). The van der Waals surface area contributed by atoms with Gasteiger partial charge in [-0.25, -0.2) is 4.98 Å². The Hall–Kier alpha value is -3.69. The van der Waals surface area contributed by atoms with Crippen LogP contribution in [0.1, 0.15) is 21.0 Å². The van der Waals surface area contributed by atoms with Crippen molar-refractivity contribution in [3.63, 3.8) is 0 Å². The lowest BCUT2D eigenvalue weighted by Crippen LogP contribution is -2.21.